The Balaban J connectivity index is 1.39. The first-order valence-electron chi connectivity index (χ1n) is 12.7. The summed E-state index contributed by atoms with van der Waals surface area (Å²) in [6.45, 7) is 11.5. The smallest absolute Gasteiger partial charge is 0.0698 e. The molecular weight excluding hydrogens is 360 g/mol. The molecule has 3 N–H and O–H groups in total. The molecule has 4 heteroatoms. The number of aliphatic hydroxyl groups is 2. The largest absolute Gasteiger partial charge is 0.393 e. The van der Waals surface area contributed by atoms with Gasteiger partial charge in [0.05, 0.1) is 12.2 Å². The van der Waals surface area contributed by atoms with Gasteiger partial charge in [0.2, 0.25) is 0 Å². The fraction of sp³-hybridized carbons (Fsp3) is 1.00. The van der Waals surface area contributed by atoms with Gasteiger partial charge < -0.3 is 15.5 Å². The summed E-state index contributed by atoms with van der Waals surface area (Å²) in [6, 6.07) is 0.360. The van der Waals surface area contributed by atoms with Crippen LogP contribution >= 0.6 is 0 Å². The molecule has 0 radical (unpaired) electrons. The maximum Gasteiger partial charge on any atom is 0.0698 e. The lowest BCUT2D eigenvalue weighted by Crippen LogP contribution is -2.61. The SMILES string of the molecule is CC(O)[C@H]1CCC2C3CCC4C[C@H](O)[C@@H](N5CCNCC5)C[C@]4(C)C3CC[C@@]21C. The van der Waals surface area contributed by atoms with Crippen molar-refractivity contribution < 1.29 is 10.2 Å². The molecule has 1 heterocycles. The third-order valence-electron chi connectivity index (χ3n) is 11.0. The van der Waals surface area contributed by atoms with E-state index in [1.807, 2.05) is 6.92 Å². The lowest BCUT2D eigenvalue weighted by molar-refractivity contribution is -0.152. The van der Waals surface area contributed by atoms with Gasteiger partial charge in [-0.1, -0.05) is 13.8 Å². The van der Waals surface area contributed by atoms with Crippen LogP contribution in [0.1, 0.15) is 72.1 Å². The molecule has 166 valence electrons. The van der Waals surface area contributed by atoms with E-state index in [0.717, 1.165) is 50.4 Å². The lowest BCUT2D eigenvalue weighted by atomic mass is 9.44. The first kappa shape index (κ1) is 20.7. The highest BCUT2D eigenvalue weighted by atomic mass is 16.3. The Morgan fingerprint density at radius 3 is 2.41 bits per heavy atom. The molecule has 4 saturated carbocycles. The quantitative estimate of drug-likeness (QED) is 0.661. The van der Waals surface area contributed by atoms with Crippen LogP contribution in [0.5, 0.6) is 0 Å². The van der Waals surface area contributed by atoms with Gasteiger partial charge in [0.1, 0.15) is 0 Å². The summed E-state index contributed by atoms with van der Waals surface area (Å²) in [5.41, 5.74) is 0.743. The minimum absolute atomic E-state index is 0.136. The summed E-state index contributed by atoms with van der Waals surface area (Å²) in [5.74, 6) is 3.68. The van der Waals surface area contributed by atoms with Gasteiger partial charge >= 0.3 is 0 Å². The van der Waals surface area contributed by atoms with Crippen molar-refractivity contribution in [2.75, 3.05) is 26.2 Å². The molecule has 1 aliphatic heterocycles. The minimum Gasteiger partial charge on any atom is -0.393 e. The number of nitrogens with one attached hydrogen (secondary N) is 1. The van der Waals surface area contributed by atoms with Gasteiger partial charge in [-0.05, 0) is 98.7 Å². The molecule has 4 aliphatic carbocycles. The summed E-state index contributed by atoms with van der Waals surface area (Å²) in [4.78, 5) is 2.60. The summed E-state index contributed by atoms with van der Waals surface area (Å²) in [6.07, 6.45) is 9.81. The van der Waals surface area contributed by atoms with E-state index in [1.165, 1.54) is 44.9 Å². The second-order valence-corrected chi connectivity index (χ2v) is 12.0. The zero-order chi connectivity index (χ0) is 20.4. The highest BCUT2D eigenvalue weighted by molar-refractivity contribution is 5.11. The first-order chi connectivity index (χ1) is 13.8. The fourth-order valence-electron chi connectivity index (χ4n) is 9.49. The van der Waals surface area contributed by atoms with E-state index < -0.39 is 0 Å². The second-order valence-electron chi connectivity index (χ2n) is 12.0. The van der Waals surface area contributed by atoms with Gasteiger partial charge in [-0.3, -0.25) is 4.90 Å². The summed E-state index contributed by atoms with van der Waals surface area (Å²) in [5, 5.41) is 25.0. The van der Waals surface area contributed by atoms with Crippen molar-refractivity contribution in [2.45, 2.75) is 90.4 Å². The molecule has 0 bridgehead atoms. The molecule has 0 amide bonds. The van der Waals surface area contributed by atoms with Crippen LogP contribution in [-0.4, -0.2) is 59.5 Å². The third kappa shape index (κ3) is 3.15. The van der Waals surface area contributed by atoms with Crippen molar-refractivity contribution in [3.05, 3.63) is 0 Å². The van der Waals surface area contributed by atoms with Crippen molar-refractivity contribution in [3.63, 3.8) is 0 Å². The van der Waals surface area contributed by atoms with Crippen molar-refractivity contribution in [3.8, 4) is 0 Å². The van der Waals surface area contributed by atoms with Gasteiger partial charge in [-0.25, -0.2) is 0 Å². The molecule has 29 heavy (non-hydrogen) atoms. The Kier molecular flexibility index (Phi) is 5.33. The average Bonchev–Trinajstić information content (AvgIpc) is 3.06. The van der Waals surface area contributed by atoms with Crippen LogP contribution in [0.15, 0.2) is 0 Å². The van der Waals surface area contributed by atoms with Gasteiger partial charge in [0.25, 0.3) is 0 Å². The predicted octanol–water partition coefficient (Wildman–Crippen LogP) is 3.27. The van der Waals surface area contributed by atoms with Crippen molar-refractivity contribution >= 4 is 0 Å². The fourth-order valence-corrected chi connectivity index (χ4v) is 9.49. The molecule has 0 aromatic heterocycles. The molecule has 4 nitrogen and oxygen atoms in total. The molecule has 0 aromatic rings. The second kappa shape index (κ2) is 7.46. The first-order valence-corrected chi connectivity index (χ1v) is 12.7. The maximum atomic E-state index is 11.1. The molecule has 5 rings (SSSR count). The Hall–Kier alpha value is -0.160. The van der Waals surface area contributed by atoms with Crippen LogP contribution in [0.25, 0.3) is 0 Å². The van der Waals surface area contributed by atoms with Crippen LogP contribution in [0, 0.1) is 40.4 Å². The molecule has 5 fully saturated rings. The van der Waals surface area contributed by atoms with E-state index >= 15 is 0 Å². The summed E-state index contributed by atoms with van der Waals surface area (Å²) >= 11 is 0. The van der Waals surface area contributed by atoms with Gasteiger partial charge in [0.15, 0.2) is 0 Å². The summed E-state index contributed by atoms with van der Waals surface area (Å²) < 4.78 is 0. The van der Waals surface area contributed by atoms with Crippen LogP contribution in [0.3, 0.4) is 0 Å². The highest BCUT2D eigenvalue weighted by Gasteiger charge is 2.61. The van der Waals surface area contributed by atoms with Gasteiger partial charge in [-0.2, -0.15) is 0 Å². The Morgan fingerprint density at radius 2 is 1.69 bits per heavy atom. The topological polar surface area (TPSA) is 55.7 Å². The number of rotatable bonds is 2. The van der Waals surface area contributed by atoms with Gasteiger partial charge in [0, 0.05) is 32.2 Å². The maximum absolute atomic E-state index is 11.1. The molecule has 5 aliphatic rings. The number of fused-ring (bicyclic) bond motifs is 5. The lowest BCUT2D eigenvalue weighted by Gasteiger charge is -2.62. The zero-order valence-corrected chi connectivity index (χ0v) is 18.9. The molecule has 1 saturated heterocycles. The number of nitrogens with zero attached hydrogens (tertiary/aromatic N) is 1. The number of piperazine rings is 1. The van der Waals surface area contributed by atoms with Crippen molar-refractivity contribution in [1.82, 2.24) is 10.2 Å². The standard InChI is InChI=1S/C25H44N2O2/c1-16(28)19-6-7-20-18-5-4-17-14-23(29)22(27-12-10-26-11-13-27)15-25(17,3)21(18)8-9-24(19,20)2/h16-23,26,28-29H,4-15H2,1-3H3/t16?,17?,18?,19-,20?,21?,22+,23+,24-,25+/m1/s1. The normalized spacial score (nSPS) is 54.3. The van der Waals surface area contributed by atoms with Crippen LogP contribution < -0.4 is 5.32 Å². The van der Waals surface area contributed by atoms with Gasteiger partial charge in [-0.15, -0.1) is 0 Å². The number of hydrogen-bond donors (Lipinski definition) is 3. The molecular formula is C25H44N2O2. The zero-order valence-electron chi connectivity index (χ0n) is 18.9. The Morgan fingerprint density at radius 1 is 0.966 bits per heavy atom. The van der Waals surface area contributed by atoms with Crippen LogP contribution in [-0.2, 0) is 0 Å². The van der Waals surface area contributed by atoms with E-state index in [9.17, 15) is 10.2 Å². The van der Waals surface area contributed by atoms with E-state index in [0.29, 0.717) is 28.7 Å². The Bertz CT molecular complexity index is 606. The van der Waals surface area contributed by atoms with E-state index in [2.05, 4.69) is 24.1 Å². The van der Waals surface area contributed by atoms with Crippen LogP contribution in [0.4, 0.5) is 0 Å². The van der Waals surface area contributed by atoms with E-state index in [-0.39, 0.29) is 12.2 Å². The average molecular weight is 405 g/mol. The van der Waals surface area contributed by atoms with Crippen molar-refractivity contribution in [1.29, 1.82) is 0 Å². The van der Waals surface area contributed by atoms with Crippen LogP contribution in [0.2, 0.25) is 0 Å². The summed E-state index contributed by atoms with van der Waals surface area (Å²) in [7, 11) is 0. The monoisotopic (exact) mass is 404 g/mol. The predicted molar refractivity (Wildman–Crippen MR) is 117 cm³/mol. The number of hydrogen-bond acceptors (Lipinski definition) is 4. The van der Waals surface area contributed by atoms with E-state index in [4.69, 9.17) is 0 Å². The minimum atomic E-state index is -0.157. The highest BCUT2D eigenvalue weighted by Crippen LogP contribution is 2.67. The number of aliphatic hydroxyl groups excluding tert-OH is 2. The Labute approximate surface area is 177 Å². The third-order valence-corrected chi connectivity index (χ3v) is 11.0. The van der Waals surface area contributed by atoms with Crippen molar-refractivity contribution in [2.24, 2.45) is 40.4 Å². The molecule has 5 unspecified atom stereocenters. The molecule has 0 spiro atoms. The molecule has 0 aromatic carbocycles. The van der Waals surface area contributed by atoms with E-state index in [1.54, 1.807) is 0 Å². The molecule has 10 atom stereocenters.